The van der Waals surface area contributed by atoms with E-state index < -0.39 is 0 Å². The van der Waals surface area contributed by atoms with Gasteiger partial charge >= 0.3 is 0 Å². The summed E-state index contributed by atoms with van der Waals surface area (Å²) in [6.45, 7) is 1.99. The lowest BCUT2D eigenvalue weighted by Crippen LogP contribution is -2.32. The molecule has 0 bridgehead atoms. The van der Waals surface area contributed by atoms with Crippen LogP contribution >= 0.6 is 0 Å². The Morgan fingerprint density at radius 1 is 1.35 bits per heavy atom. The van der Waals surface area contributed by atoms with Crippen molar-refractivity contribution >= 4 is 5.96 Å². The van der Waals surface area contributed by atoms with Gasteiger partial charge in [0.2, 0.25) is 0 Å². The van der Waals surface area contributed by atoms with Crippen molar-refractivity contribution in [1.82, 2.24) is 5.32 Å². The highest BCUT2D eigenvalue weighted by molar-refractivity contribution is 5.77. The molecule has 0 spiro atoms. The van der Waals surface area contributed by atoms with Crippen molar-refractivity contribution in [1.29, 1.82) is 0 Å². The number of rotatable bonds is 3. The topological polar surface area (TPSA) is 68.9 Å². The van der Waals surface area contributed by atoms with Gasteiger partial charge in [0, 0.05) is 13.6 Å². The SMILES string of the molecule is CN=C(N)NCCc1ccc2c(c1)OCCO2. The van der Waals surface area contributed by atoms with Crippen LogP contribution in [0.25, 0.3) is 0 Å². The number of ether oxygens (including phenoxy) is 2. The third-order valence-corrected chi connectivity index (χ3v) is 2.57. The van der Waals surface area contributed by atoms with Crippen LogP contribution in [0.4, 0.5) is 0 Å². The standard InChI is InChI=1S/C12H17N3O2/c1-14-12(13)15-5-4-9-2-3-10-11(8-9)17-7-6-16-10/h2-3,8H,4-7H2,1H3,(H3,13,14,15). The number of hydrogen-bond donors (Lipinski definition) is 2. The zero-order valence-electron chi connectivity index (χ0n) is 9.90. The van der Waals surface area contributed by atoms with E-state index in [1.807, 2.05) is 18.2 Å². The fourth-order valence-electron chi connectivity index (χ4n) is 1.66. The molecule has 2 rings (SSSR count). The number of nitrogens with two attached hydrogens (primary N) is 1. The van der Waals surface area contributed by atoms with Gasteiger partial charge in [-0.05, 0) is 24.1 Å². The molecule has 0 atom stereocenters. The summed E-state index contributed by atoms with van der Waals surface area (Å²) in [5, 5.41) is 3.02. The van der Waals surface area contributed by atoms with Gasteiger partial charge < -0.3 is 20.5 Å². The molecule has 5 nitrogen and oxygen atoms in total. The molecule has 1 aliphatic rings. The first-order valence-corrected chi connectivity index (χ1v) is 5.64. The quantitative estimate of drug-likeness (QED) is 0.592. The lowest BCUT2D eigenvalue weighted by Gasteiger charge is -2.18. The second-order valence-electron chi connectivity index (χ2n) is 3.76. The Balaban J connectivity index is 1.93. The Morgan fingerprint density at radius 2 is 2.12 bits per heavy atom. The van der Waals surface area contributed by atoms with E-state index >= 15 is 0 Å². The van der Waals surface area contributed by atoms with Crippen LogP contribution in [0.15, 0.2) is 23.2 Å². The predicted octanol–water partition coefficient (Wildman–Crippen LogP) is 0.534. The summed E-state index contributed by atoms with van der Waals surface area (Å²) < 4.78 is 11.0. The molecule has 0 radical (unpaired) electrons. The van der Waals surface area contributed by atoms with Gasteiger partial charge in [-0.25, -0.2) is 0 Å². The first kappa shape index (κ1) is 11.6. The smallest absolute Gasteiger partial charge is 0.188 e. The van der Waals surface area contributed by atoms with Gasteiger partial charge in [0.25, 0.3) is 0 Å². The van der Waals surface area contributed by atoms with Crippen LogP contribution < -0.4 is 20.5 Å². The zero-order valence-corrected chi connectivity index (χ0v) is 9.90. The zero-order chi connectivity index (χ0) is 12.1. The van der Waals surface area contributed by atoms with Crippen LogP contribution in [0.5, 0.6) is 11.5 Å². The number of nitrogens with zero attached hydrogens (tertiary/aromatic N) is 1. The third-order valence-electron chi connectivity index (χ3n) is 2.57. The molecule has 1 heterocycles. The van der Waals surface area contributed by atoms with E-state index in [0.717, 1.165) is 24.5 Å². The lowest BCUT2D eigenvalue weighted by molar-refractivity contribution is 0.171. The molecule has 0 unspecified atom stereocenters. The van der Waals surface area contributed by atoms with E-state index in [9.17, 15) is 0 Å². The summed E-state index contributed by atoms with van der Waals surface area (Å²) in [4.78, 5) is 3.83. The van der Waals surface area contributed by atoms with Gasteiger partial charge in [-0.15, -0.1) is 0 Å². The van der Waals surface area contributed by atoms with Crippen molar-refractivity contribution in [3.05, 3.63) is 23.8 Å². The lowest BCUT2D eigenvalue weighted by atomic mass is 10.1. The largest absolute Gasteiger partial charge is 0.486 e. The second-order valence-corrected chi connectivity index (χ2v) is 3.76. The van der Waals surface area contributed by atoms with E-state index in [0.29, 0.717) is 19.2 Å². The van der Waals surface area contributed by atoms with Crippen molar-refractivity contribution in [3.8, 4) is 11.5 Å². The first-order valence-electron chi connectivity index (χ1n) is 5.64. The Kier molecular flexibility index (Phi) is 3.69. The van der Waals surface area contributed by atoms with Gasteiger partial charge in [-0.2, -0.15) is 0 Å². The molecule has 0 saturated carbocycles. The van der Waals surface area contributed by atoms with Crippen molar-refractivity contribution in [3.63, 3.8) is 0 Å². The number of hydrogen-bond acceptors (Lipinski definition) is 3. The van der Waals surface area contributed by atoms with Gasteiger partial charge in [0.15, 0.2) is 17.5 Å². The fraction of sp³-hybridized carbons (Fsp3) is 0.417. The number of guanidine groups is 1. The summed E-state index contributed by atoms with van der Waals surface area (Å²) in [6, 6.07) is 5.99. The molecule has 5 heteroatoms. The molecule has 0 amide bonds. The number of fused-ring (bicyclic) bond motifs is 1. The van der Waals surface area contributed by atoms with Crippen molar-refractivity contribution < 1.29 is 9.47 Å². The Bertz CT molecular complexity index is 418. The van der Waals surface area contributed by atoms with Gasteiger partial charge in [0.05, 0.1) is 0 Å². The molecular formula is C12H17N3O2. The highest BCUT2D eigenvalue weighted by Gasteiger charge is 2.11. The van der Waals surface area contributed by atoms with Crippen LogP contribution in [0.1, 0.15) is 5.56 Å². The molecule has 3 N–H and O–H groups in total. The van der Waals surface area contributed by atoms with E-state index in [2.05, 4.69) is 10.3 Å². The minimum atomic E-state index is 0.461. The summed E-state index contributed by atoms with van der Waals surface area (Å²) in [5.41, 5.74) is 6.73. The Hall–Kier alpha value is -1.91. The minimum Gasteiger partial charge on any atom is -0.486 e. The van der Waals surface area contributed by atoms with E-state index in [-0.39, 0.29) is 0 Å². The number of benzene rings is 1. The highest BCUT2D eigenvalue weighted by atomic mass is 16.6. The third kappa shape index (κ3) is 3.03. The molecule has 0 aromatic heterocycles. The average Bonchev–Trinajstić information content (AvgIpc) is 2.38. The van der Waals surface area contributed by atoms with Gasteiger partial charge in [-0.3, -0.25) is 4.99 Å². The summed E-state index contributed by atoms with van der Waals surface area (Å²) >= 11 is 0. The minimum absolute atomic E-state index is 0.461. The van der Waals surface area contributed by atoms with E-state index in [1.54, 1.807) is 7.05 Å². The average molecular weight is 235 g/mol. The summed E-state index contributed by atoms with van der Waals surface area (Å²) in [5.74, 6) is 2.11. The van der Waals surface area contributed by atoms with Crippen LogP contribution in [-0.4, -0.2) is 32.8 Å². The highest BCUT2D eigenvalue weighted by Crippen LogP contribution is 2.30. The Morgan fingerprint density at radius 3 is 2.88 bits per heavy atom. The monoisotopic (exact) mass is 235 g/mol. The fourth-order valence-corrected chi connectivity index (χ4v) is 1.66. The first-order chi connectivity index (χ1) is 8.29. The molecule has 1 aliphatic heterocycles. The van der Waals surface area contributed by atoms with Crippen molar-refractivity contribution in [2.45, 2.75) is 6.42 Å². The molecule has 0 fully saturated rings. The van der Waals surface area contributed by atoms with Crippen LogP contribution in [-0.2, 0) is 6.42 Å². The maximum Gasteiger partial charge on any atom is 0.188 e. The molecule has 0 aliphatic carbocycles. The summed E-state index contributed by atoms with van der Waals surface area (Å²) in [7, 11) is 1.66. The maximum absolute atomic E-state index is 5.54. The van der Waals surface area contributed by atoms with Crippen molar-refractivity contribution in [2.24, 2.45) is 10.7 Å². The molecule has 0 saturated heterocycles. The van der Waals surface area contributed by atoms with Crippen molar-refractivity contribution in [2.75, 3.05) is 26.8 Å². The van der Waals surface area contributed by atoms with Crippen LogP contribution in [0.2, 0.25) is 0 Å². The van der Waals surface area contributed by atoms with Crippen LogP contribution in [0.3, 0.4) is 0 Å². The predicted molar refractivity (Wildman–Crippen MR) is 66.7 cm³/mol. The molecule has 17 heavy (non-hydrogen) atoms. The van der Waals surface area contributed by atoms with Gasteiger partial charge in [0.1, 0.15) is 13.2 Å². The Labute approximate surface area is 101 Å². The summed E-state index contributed by atoms with van der Waals surface area (Å²) in [6.07, 6.45) is 0.868. The van der Waals surface area contributed by atoms with Gasteiger partial charge in [-0.1, -0.05) is 6.07 Å². The number of aliphatic imine (C=N–C) groups is 1. The molecule has 1 aromatic carbocycles. The molecule has 1 aromatic rings. The normalized spacial score (nSPS) is 14.5. The molecular weight excluding hydrogens is 218 g/mol. The van der Waals surface area contributed by atoms with Crippen LogP contribution in [0, 0.1) is 0 Å². The maximum atomic E-state index is 5.54. The number of nitrogens with one attached hydrogen (secondary N) is 1. The second kappa shape index (κ2) is 5.43. The molecule has 92 valence electrons. The van der Waals surface area contributed by atoms with E-state index in [4.69, 9.17) is 15.2 Å². The van der Waals surface area contributed by atoms with E-state index in [1.165, 1.54) is 5.56 Å².